The van der Waals surface area contributed by atoms with Gasteiger partial charge < -0.3 is 9.30 Å². The number of ether oxygens (including phenoxy) is 1. The first kappa shape index (κ1) is 23.9. The Bertz CT molecular complexity index is 1590. The summed E-state index contributed by atoms with van der Waals surface area (Å²) in [6.45, 7) is 6.69. The number of hydrogen-bond donors (Lipinski definition) is 0. The molecule has 0 aliphatic carbocycles. The fraction of sp³-hybridized carbons (Fsp3) is 0.296. The highest BCUT2D eigenvalue weighted by molar-refractivity contribution is 5.97. The lowest BCUT2D eigenvalue weighted by Crippen LogP contribution is -2.30. The number of carbonyl (C=O) groups is 1. The van der Waals surface area contributed by atoms with Gasteiger partial charge in [0.05, 0.1) is 23.1 Å². The van der Waals surface area contributed by atoms with Gasteiger partial charge in [0.25, 0.3) is 11.5 Å². The van der Waals surface area contributed by atoms with E-state index in [1.807, 2.05) is 19.9 Å². The third-order valence-corrected chi connectivity index (χ3v) is 5.84. The number of aromatic nitrogens is 3. The van der Waals surface area contributed by atoms with Gasteiger partial charge in [0.1, 0.15) is 23.1 Å². The summed E-state index contributed by atoms with van der Waals surface area (Å²) in [7, 11) is 0. The predicted molar refractivity (Wildman–Crippen MR) is 133 cm³/mol. The number of benzene rings is 1. The second kappa shape index (κ2) is 10.3. The van der Waals surface area contributed by atoms with Crippen LogP contribution in [0.4, 0.5) is 0 Å². The second-order valence-corrected chi connectivity index (χ2v) is 8.24. The first-order valence-corrected chi connectivity index (χ1v) is 11.8. The molecule has 0 fully saturated rings. The van der Waals surface area contributed by atoms with E-state index in [-0.39, 0.29) is 16.6 Å². The van der Waals surface area contributed by atoms with Crippen molar-refractivity contribution in [2.45, 2.75) is 46.6 Å². The molecule has 4 rings (SSSR count). The molecule has 8 nitrogen and oxygen atoms in total. The molecule has 4 aromatic rings. The summed E-state index contributed by atoms with van der Waals surface area (Å²) in [5.41, 5.74) is 2.15. The van der Waals surface area contributed by atoms with E-state index < -0.39 is 5.91 Å². The number of para-hydroxylation sites is 1. The summed E-state index contributed by atoms with van der Waals surface area (Å²) in [5.74, 6) is -0.0959. The van der Waals surface area contributed by atoms with Crippen molar-refractivity contribution in [1.29, 1.82) is 5.26 Å². The van der Waals surface area contributed by atoms with E-state index in [1.165, 1.54) is 10.5 Å². The molecule has 0 spiro atoms. The largest absolute Gasteiger partial charge is 0.493 e. The lowest BCUT2D eigenvalue weighted by atomic mass is 10.1. The Hall–Kier alpha value is -4.25. The van der Waals surface area contributed by atoms with Crippen LogP contribution in [0.15, 0.2) is 58.4 Å². The maximum atomic E-state index is 13.3. The third-order valence-electron chi connectivity index (χ3n) is 5.84. The number of nitriles is 1. The number of pyridine rings is 2. The first-order valence-electron chi connectivity index (χ1n) is 11.8. The average molecular weight is 470 g/mol. The first-order chi connectivity index (χ1) is 17.0. The van der Waals surface area contributed by atoms with Gasteiger partial charge in [-0.05, 0) is 50.1 Å². The monoisotopic (exact) mass is 469 g/mol. The Morgan fingerprint density at radius 1 is 1.14 bits per heavy atom. The zero-order chi connectivity index (χ0) is 24.9. The second-order valence-electron chi connectivity index (χ2n) is 8.24. The minimum Gasteiger partial charge on any atom is -0.493 e. The van der Waals surface area contributed by atoms with Crippen LogP contribution in [0.1, 0.15) is 54.6 Å². The van der Waals surface area contributed by atoms with Crippen molar-refractivity contribution < 1.29 is 9.53 Å². The number of nitrogens with zero attached hydrogens (tertiary/aromatic N) is 5. The fourth-order valence-corrected chi connectivity index (χ4v) is 4.10. The van der Waals surface area contributed by atoms with E-state index in [9.17, 15) is 14.9 Å². The van der Waals surface area contributed by atoms with E-state index >= 15 is 0 Å². The number of rotatable bonds is 7. The molecule has 178 valence electrons. The van der Waals surface area contributed by atoms with Gasteiger partial charge in [-0.1, -0.05) is 38.0 Å². The fourth-order valence-electron chi connectivity index (χ4n) is 4.10. The quantitative estimate of drug-likeness (QED) is 0.299. The average Bonchev–Trinajstić information content (AvgIpc) is 2.86. The van der Waals surface area contributed by atoms with E-state index in [0.29, 0.717) is 41.1 Å². The van der Waals surface area contributed by atoms with Crippen LogP contribution < -0.4 is 15.8 Å². The van der Waals surface area contributed by atoms with Crippen molar-refractivity contribution in [2.75, 3.05) is 6.61 Å². The summed E-state index contributed by atoms with van der Waals surface area (Å²) < 4.78 is 8.82. The molecular weight excluding hydrogens is 442 g/mol. The zero-order valence-corrected chi connectivity index (χ0v) is 20.1. The van der Waals surface area contributed by atoms with Crippen molar-refractivity contribution >= 4 is 22.6 Å². The van der Waals surface area contributed by atoms with Gasteiger partial charge in [0.15, 0.2) is 5.49 Å². The Morgan fingerprint density at radius 2 is 1.94 bits per heavy atom. The molecule has 8 heteroatoms. The molecule has 3 heterocycles. The molecule has 3 aromatic heterocycles. The molecule has 1 amide bonds. The molecule has 35 heavy (non-hydrogen) atoms. The van der Waals surface area contributed by atoms with Crippen LogP contribution in [0.2, 0.25) is 0 Å². The van der Waals surface area contributed by atoms with Crippen LogP contribution >= 0.6 is 0 Å². The van der Waals surface area contributed by atoms with Gasteiger partial charge >= 0.3 is 0 Å². The summed E-state index contributed by atoms with van der Waals surface area (Å²) in [5, 5.41) is 10.3. The van der Waals surface area contributed by atoms with Crippen molar-refractivity contribution in [2.24, 2.45) is 4.99 Å². The minimum absolute atomic E-state index is 0.141. The van der Waals surface area contributed by atoms with E-state index in [4.69, 9.17) is 9.72 Å². The van der Waals surface area contributed by atoms with Crippen LogP contribution in [-0.4, -0.2) is 26.5 Å². The lowest BCUT2D eigenvalue weighted by molar-refractivity contribution is 0.0993. The molecule has 0 aliphatic rings. The smallest absolute Gasteiger partial charge is 0.282 e. The summed E-state index contributed by atoms with van der Waals surface area (Å²) in [6.07, 6.45) is 4.38. The van der Waals surface area contributed by atoms with Gasteiger partial charge in [0.2, 0.25) is 0 Å². The zero-order valence-electron chi connectivity index (χ0n) is 20.1. The predicted octanol–water partition coefficient (Wildman–Crippen LogP) is 4.16. The van der Waals surface area contributed by atoms with Crippen LogP contribution in [0.5, 0.6) is 5.75 Å². The van der Waals surface area contributed by atoms with Gasteiger partial charge in [0, 0.05) is 12.7 Å². The molecule has 0 atom stereocenters. The molecule has 0 unspecified atom stereocenters. The Balaban J connectivity index is 2.06. The van der Waals surface area contributed by atoms with E-state index in [0.717, 1.165) is 24.8 Å². The molecule has 1 aromatic carbocycles. The highest BCUT2D eigenvalue weighted by Gasteiger charge is 2.17. The Morgan fingerprint density at radius 3 is 2.69 bits per heavy atom. The Labute approximate surface area is 202 Å². The van der Waals surface area contributed by atoms with Crippen LogP contribution in [0.3, 0.4) is 0 Å². The highest BCUT2D eigenvalue weighted by atomic mass is 16.5. The number of unbranched alkanes of at least 4 members (excludes halogenated alkanes) is 2. The van der Waals surface area contributed by atoms with Gasteiger partial charge in [-0.2, -0.15) is 10.3 Å². The van der Waals surface area contributed by atoms with Gasteiger partial charge in [-0.25, -0.2) is 4.98 Å². The van der Waals surface area contributed by atoms with E-state index in [2.05, 4.69) is 18.0 Å². The maximum Gasteiger partial charge on any atom is 0.282 e. The van der Waals surface area contributed by atoms with Crippen LogP contribution in [-0.2, 0) is 6.54 Å². The van der Waals surface area contributed by atoms with Crippen LogP contribution in [0, 0.1) is 18.3 Å². The van der Waals surface area contributed by atoms with Crippen LogP contribution in [0.25, 0.3) is 16.7 Å². The highest BCUT2D eigenvalue weighted by Crippen LogP contribution is 2.19. The third kappa shape index (κ3) is 4.58. The molecule has 0 saturated carbocycles. The number of amides is 1. The number of carbonyl (C=O) groups excluding carboxylic acids is 1. The van der Waals surface area contributed by atoms with Gasteiger partial charge in [-0.15, -0.1) is 0 Å². The summed E-state index contributed by atoms with van der Waals surface area (Å²) in [6, 6.07) is 14.2. The Kier molecular flexibility index (Phi) is 7.06. The van der Waals surface area contributed by atoms with Crippen molar-refractivity contribution in [1.82, 2.24) is 14.0 Å². The van der Waals surface area contributed by atoms with Crippen molar-refractivity contribution in [3.63, 3.8) is 0 Å². The molecular formula is C27H27N5O3. The standard InChI is InChI=1S/C27H27N5O3/c1-4-6-9-14-31-24(30-26(33)20-12-7-8-13-22(20)35-5-2)19(17-28)16-21-25(31)29-23-18(3)11-10-15-32(23)27(21)34/h7-8,10-13,15-16H,4-6,9,14H2,1-3H3. The molecule has 0 N–H and O–H groups in total. The molecule has 0 radical (unpaired) electrons. The van der Waals surface area contributed by atoms with Gasteiger partial charge in [-0.3, -0.25) is 14.0 Å². The van der Waals surface area contributed by atoms with Crippen molar-refractivity contribution in [3.8, 4) is 11.8 Å². The number of fused-ring (bicyclic) bond motifs is 2. The van der Waals surface area contributed by atoms with E-state index in [1.54, 1.807) is 41.1 Å². The molecule has 0 aliphatic heterocycles. The lowest BCUT2D eigenvalue weighted by Gasteiger charge is -2.14. The van der Waals surface area contributed by atoms with Crippen molar-refractivity contribution in [3.05, 3.63) is 81.2 Å². The SMILES string of the molecule is CCCCCn1c(=NC(=O)c2ccccc2OCC)c(C#N)cc2c(=O)n3cccc(C)c3nc21. The summed E-state index contributed by atoms with van der Waals surface area (Å²) in [4.78, 5) is 35.8. The number of hydrogen-bond acceptors (Lipinski definition) is 5. The number of aryl methyl sites for hydroxylation is 2. The topological polar surface area (TPSA) is 102 Å². The normalized spacial score (nSPS) is 11.7. The molecule has 0 saturated heterocycles. The maximum absolute atomic E-state index is 13.3. The summed E-state index contributed by atoms with van der Waals surface area (Å²) >= 11 is 0. The molecule has 0 bridgehead atoms. The minimum atomic E-state index is -0.525.